The van der Waals surface area contributed by atoms with Crippen molar-refractivity contribution in [3.8, 4) is 0 Å². The number of fused-ring (bicyclic) bond motifs is 1. The van der Waals surface area contributed by atoms with Gasteiger partial charge in [0.1, 0.15) is 0 Å². The Morgan fingerprint density at radius 2 is 1.71 bits per heavy atom. The van der Waals surface area contributed by atoms with Gasteiger partial charge in [0.2, 0.25) is 5.91 Å². The van der Waals surface area contributed by atoms with Gasteiger partial charge in [0.15, 0.2) is 0 Å². The van der Waals surface area contributed by atoms with Crippen LogP contribution in [0.5, 0.6) is 0 Å². The maximum absolute atomic E-state index is 13.0. The lowest BCUT2D eigenvalue weighted by atomic mass is 10.1. The van der Waals surface area contributed by atoms with Crippen LogP contribution in [0.3, 0.4) is 0 Å². The van der Waals surface area contributed by atoms with Crippen LogP contribution >= 0.6 is 0 Å². The molecule has 1 amide bonds. The van der Waals surface area contributed by atoms with E-state index in [1.165, 1.54) is 17.5 Å². The summed E-state index contributed by atoms with van der Waals surface area (Å²) in [7, 11) is -3.47. The van der Waals surface area contributed by atoms with Gasteiger partial charge in [-0.25, -0.2) is 0 Å². The maximum atomic E-state index is 13.0. The molecule has 172 valence electrons. The fraction of sp³-hybridized carbons (Fsp3) is 0.682. The summed E-state index contributed by atoms with van der Waals surface area (Å²) in [4.78, 5) is 14.5. The summed E-state index contributed by atoms with van der Waals surface area (Å²) in [6.07, 6.45) is 3.64. The number of piperazine rings is 1. The van der Waals surface area contributed by atoms with Gasteiger partial charge in [0.05, 0.1) is 12.2 Å². The Balaban J connectivity index is 1.22. The molecule has 1 aliphatic carbocycles. The molecule has 2 saturated heterocycles. The van der Waals surface area contributed by atoms with Crippen molar-refractivity contribution in [2.24, 2.45) is 0 Å². The molecule has 0 saturated carbocycles. The maximum Gasteiger partial charge on any atom is 0.282 e. The van der Waals surface area contributed by atoms with Gasteiger partial charge in [-0.15, -0.1) is 0 Å². The molecule has 2 heterocycles. The number of rotatable bonds is 6. The molecule has 0 radical (unpaired) electrons. The molecule has 31 heavy (non-hydrogen) atoms. The van der Waals surface area contributed by atoms with Crippen LogP contribution in [-0.4, -0.2) is 85.9 Å². The summed E-state index contributed by atoms with van der Waals surface area (Å²) in [5, 5.41) is 3.01. The number of amides is 1. The summed E-state index contributed by atoms with van der Waals surface area (Å²) in [6, 6.07) is 6.20. The number of nitrogens with one attached hydrogen (secondary N) is 1. The molecule has 0 spiro atoms. The number of carbonyl (C=O) groups excluding carboxylic acids is 1. The average molecular weight is 451 g/mol. The zero-order valence-electron chi connectivity index (χ0n) is 18.5. The first-order chi connectivity index (χ1) is 14.8. The van der Waals surface area contributed by atoms with Gasteiger partial charge in [0, 0.05) is 57.9 Å². The number of aryl methyl sites for hydroxylation is 2. The Bertz CT molecular complexity index is 889. The molecule has 9 heteroatoms. The lowest BCUT2D eigenvalue weighted by molar-refractivity contribution is -0.116. The fourth-order valence-electron chi connectivity index (χ4n) is 4.80. The Hall–Kier alpha value is -1.52. The SMILES string of the molecule is CC1CN(S(=O)(=O)N2CCN(CCC(=O)Nc3ccc4c(c3)CCC4)CC2)CC(C)O1. The normalized spacial score (nSPS) is 26.0. The van der Waals surface area contributed by atoms with Crippen LogP contribution in [0.1, 0.15) is 37.8 Å². The van der Waals surface area contributed by atoms with E-state index in [-0.39, 0.29) is 18.1 Å². The molecule has 1 aromatic rings. The van der Waals surface area contributed by atoms with Gasteiger partial charge >= 0.3 is 0 Å². The van der Waals surface area contributed by atoms with E-state index in [1.54, 1.807) is 8.61 Å². The Kier molecular flexibility index (Phi) is 6.98. The number of benzene rings is 1. The molecule has 2 aliphatic heterocycles. The Morgan fingerprint density at radius 3 is 2.42 bits per heavy atom. The number of hydrogen-bond acceptors (Lipinski definition) is 5. The minimum absolute atomic E-state index is 0.00397. The molecule has 1 N–H and O–H groups in total. The van der Waals surface area contributed by atoms with Gasteiger partial charge < -0.3 is 15.0 Å². The average Bonchev–Trinajstić information content (AvgIpc) is 3.20. The van der Waals surface area contributed by atoms with E-state index in [0.717, 1.165) is 18.5 Å². The molecule has 1 aromatic carbocycles. The highest BCUT2D eigenvalue weighted by molar-refractivity contribution is 7.86. The number of hydrogen-bond donors (Lipinski definition) is 1. The van der Waals surface area contributed by atoms with Crippen molar-refractivity contribution in [1.29, 1.82) is 0 Å². The van der Waals surface area contributed by atoms with E-state index in [2.05, 4.69) is 22.3 Å². The first-order valence-corrected chi connectivity index (χ1v) is 12.8. The lowest BCUT2D eigenvalue weighted by Gasteiger charge is -2.40. The molecule has 8 nitrogen and oxygen atoms in total. The summed E-state index contributed by atoms with van der Waals surface area (Å²) in [5.41, 5.74) is 3.61. The van der Waals surface area contributed by atoms with Crippen molar-refractivity contribution in [1.82, 2.24) is 13.5 Å². The molecule has 0 aromatic heterocycles. The summed E-state index contributed by atoms with van der Waals surface area (Å²) < 4.78 is 34.8. The van der Waals surface area contributed by atoms with Crippen LogP contribution in [0, 0.1) is 0 Å². The standard InChI is InChI=1S/C22H34N4O4S/c1-17-15-26(16-18(2)30-17)31(28,29)25-12-10-24(11-13-25)9-8-22(27)23-21-7-6-19-4-3-5-20(19)14-21/h6-7,14,17-18H,3-5,8-13,15-16H2,1-2H3,(H,23,27). The molecule has 2 unspecified atom stereocenters. The van der Waals surface area contributed by atoms with Crippen molar-refractivity contribution in [3.05, 3.63) is 29.3 Å². The highest BCUT2D eigenvalue weighted by Gasteiger charge is 2.36. The predicted octanol–water partition coefficient (Wildman–Crippen LogP) is 1.48. The van der Waals surface area contributed by atoms with Crippen molar-refractivity contribution in [3.63, 3.8) is 0 Å². The van der Waals surface area contributed by atoms with Gasteiger partial charge in [-0.2, -0.15) is 17.0 Å². The van der Waals surface area contributed by atoms with Crippen LogP contribution in [0.4, 0.5) is 5.69 Å². The monoisotopic (exact) mass is 450 g/mol. The fourth-order valence-corrected chi connectivity index (χ4v) is 6.55. The molecular formula is C22H34N4O4S. The molecule has 0 bridgehead atoms. The smallest absolute Gasteiger partial charge is 0.282 e. The Labute approximate surface area is 185 Å². The van der Waals surface area contributed by atoms with Crippen molar-refractivity contribution < 1.29 is 17.9 Å². The van der Waals surface area contributed by atoms with E-state index in [9.17, 15) is 13.2 Å². The molecule has 4 rings (SSSR count). The van der Waals surface area contributed by atoms with Crippen LogP contribution < -0.4 is 5.32 Å². The van der Waals surface area contributed by atoms with E-state index < -0.39 is 10.2 Å². The molecule has 2 atom stereocenters. The molecular weight excluding hydrogens is 416 g/mol. The Morgan fingerprint density at radius 1 is 1.03 bits per heavy atom. The van der Waals surface area contributed by atoms with E-state index in [1.807, 2.05) is 19.9 Å². The van der Waals surface area contributed by atoms with Crippen LogP contribution in [0.2, 0.25) is 0 Å². The number of morpholine rings is 1. The van der Waals surface area contributed by atoms with Crippen LogP contribution in [0.15, 0.2) is 18.2 Å². The third-order valence-electron chi connectivity index (χ3n) is 6.41. The number of nitrogens with zero attached hydrogens (tertiary/aromatic N) is 3. The van der Waals surface area contributed by atoms with E-state index >= 15 is 0 Å². The third-order valence-corrected chi connectivity index (χ3v) is 8.38. The third kappa shape index (κ3) is 5.46. The number of anilines is 1. The second kappa shape index (κ2) is 9.54. The molecule has 3 aliphatic rings. The largest absolute Gasteiger partial charge is 0.373 e. The summed E-state index contributed by atoms with van der Waals surface area (Å²) in [5.74, 6) is 0.00397. The van der Waals surface area contributed by atoms with Crippen molar-refractivity contribution >= 4 is 21.8 Å². The van der Waals surface area contributed by atoms with Gasteiger partial charge in [-0.05, 0) is 56.4 Å². The second-order valence-electron chi connectivity index (χ2n) is 8.96. The van der Waals surface area contributed by atoms with Gasteiger partial charge in [-0.1, -0.05) is 6.07 Å². The van der Waals surface area contributed by atoms with Crippen LogP contribution in [-0.2, 0) is 32.6 Å². The highest BCUT2D eigenvalue weighted by atomic mass is 32.2. The first kappa shape index (κ1) is 22.7. The van der Waals surface area contributed by atoms with E-state index in [4.69, 9.17) is 4.74 Å². The summed E-state index contributed by atoms with van der Waals surface area (Å²) >= 11 is 0. The quantitative estimate of drug-likeness (QED) is 0.710. The van der Waals surface area contributed by atoms with Crippen molar-refractivity contribution in [2.45, 2.75) is 51.7 Å². The lowest BCUT2D eigenvalue weighted by Crippen LogP contribution is -2.57. The number of carbonyl (C=O) groups is 1. The van der Waals surface area contributed by atoms with E-state index in [0.29, 0.717) is 52.2 Å². The minimum Gasteiger partial charge on any atom is -0.373 e. The molecule has 2 fully saturated rings. The van der Waals surface area contributed by atoms with Crippen LogP contribution in [0.25, 0.3) is 0 Å². The zero-order chi connectivity index (χ0) is 22.0. The van der Waals surface area contributed by atoms with Gasteiger partial charge in [-0.3, -0.25) is 4.79 Å². The topological polar surface area (TPSA) is 82.2 Å². The van der Waals surface area contributed by atoms with Gasteiger partial charge in [0.25, 0.3) is 10.2 Å². The van der Waals surface area contributed by atoms with Crippen molar-refractivity contribution in [2.75, 3.05) is 51.1 Å². The second-order valence-corrected chi connectivity index (χ2v) is 10.9. The first-order valence-electron chi connectivity index (χ1n) is 11.4. The summed E-state index contributed by atoms with van der Waals surface area (Å²) in [6.45, 7) is 7.43. The zero-order valence-corrected chi connectivity index (χ0v) is 19.4. The minimum atomic E-state index is -3.47. The number of ether oxygens (including phenoxy) is 1. The predicted molar refractivity (Wildman–Crippen MR) is 120 cm³/mol. The highest BCUT2D eigenvalue weighted by Crippen LogP contribution is 2.25.